The number of carbonyl (C=O) groups is 1. The Kier molecular flexibility index (Phi) is 10.8. The maximum absolute atomic E-state index is 14.2. The van der Waals surface area contributed by atoms with Crippen LogP contribution in [0.5, 0.6) is 0 Å². The van der Waals surface area contributed by atoms with Gasteiger partial charge in [-0.05, 0) is 146 Å². The predicted octanol–water partition coefficient (Wildman–Crippen LogP) is 19.4. The van der Waals surface area contributed by atoms with Crippen molar-refractivity contribution < 1.29 is 57.5 Å². The zero-order valence-electron chi connectivity index (χ0n) is 41.9. The molecule has 10 aromatic carbocycles. The van der Waals surface area contributed by atoms with Gasteiger partial charge >= 0.3 is 24.7 Å². The van der Waals surface area contributed by atoms with Crippen LogP contribution < -0.4 is 0 Å². The molecule has 17 heteroatoms. The molecule has 0 atom stereocenters. The minimum Gasteiger partial charge on any atom is -0.309 e. The normalized spacial score (nSPS) is 12.9. The molecule has 14 rings (SSSR count). The highest BCUT2D eigenvalue weighted by Gasteiger charge is 2.36. The van der Waals surface area contributed by atoms with E-state index in [9.17, 15) is 57.5 Å². The number of nitrogens with zero attached hydrogens (tertiary/aromatic N) is 4. The van der Waals surface area contributed by atoms with Gasteiger partial charge in [-0.1, -0.05) is 60.7 Å². The molecule has 0 N–H and O–H groups in total. The summed E-state index contributed by atoms with van der Waals surface area (Å²) in [6.45, 7) is 0. The average molecular weight is 1110 g/mol. The van der Waals surface area contributed by atoms with Gasteiger partial charge in [0.2, 0.25) is 0 Å². The topological polar surface area (TPSA) is 36.8 Å². The fourth-order valence-electron chi connectivity index (χ4n) is 11.7. The van der Waals surface area contributed by atoms with E-state index in [1.165, 1.54) is 33.4 Å². The van der Waals surface area contributed by atoms with E-state index in [0.717, 1.165) is 70.3 Å². The molecule has 0 aliphatic carbocycles. The fraction of sp³-hybridized carbons (Fsp3) is 0.0615. The Morgan fingerprint density at radius 3 is 0.805 bits per heavy atom. The second-order valence-electron chi connectivity index (χ2n) is 20.1. The average Bonchev–Trinajstić information content (AvgIpc) is 2.41. The lowest BCUT2D eigenvalue weighted by Gasteiger charge is -2.13. The van der Waals surface area contributed by atoms with Crippen molar-refractivity contribution >= 4 is 93.0 Å². The molecule has 4 heterocycles. The lowest BCUT2D eigenvalue weighted by molar-refractivity contribution is -0.138. The van der Waals surface area contributed by atoms with Crippen LogP contribution in [-0.4, -0.2) is 24.1 Å². The van der Waals surface area contributed by atoms with E-state index in [1.54, 1.807) is 84.9 Å². The maximum Gasteiger partial charge on any atom is 0.416 e. The highest BCUT2D eigenvalue weighted by Crippen LogP contribution is 2.44. The molecular formula is C65H34F12N4O. The number of ketones is 1. The second kappa shape index (κ2) is 17.6. The van der Waals surface area contributed by atoms with Crippen LogP contribution in [-0.2, 0) is 24.7 Å². The number of fused-ring (bicyclic) bond motifs is 12. The lowest BCUT2D eigenvalue weighted by atomic mass is 10.0. The van der Waals surface area contributed by atoms with Gasteiger partial charge in [-0.25, -0.2) is 0 Å². The molecule has 0 saturated heterocycles. The standard InChI is InChI=1S/C65H34F12N4O/c66-62(67,68)37-13-23-47-48-24-14-38(63(69,70)71)30-58(48)80(57(47)29-37)43-21-27-55-51(33-43)45-5-1-3-7-53(45)78(55)41-17-9-35(10-18-41)61(82)36-11-19-42(20-12-36)79-54-8-4-2-6-46(54)52-34-44(22-28-56(52)79)81-59-31-39(64(72,73)74)15-25-49(59)50-26-16-40(32-60(50)81)65(75,76)77/h1-34H. The largest absolute Gasteiger partial charge is 0.416 e. The van der Waals surface area contributed by atoms with Crippen LogP contribution in [0.15, 0.2) is 206 Å². The summed E-state index contributed by atoms with van der Waals surface area (Å²) in [5.74, 6) is -0.293. The highest BCUT2D eigenvalue weighted by atomic mass is 19.4. The summed E-state index contributed by atoms with van der Waals surface area (Å²) < 4.78 is 176. The summed E-state index contributed by atoms with van der Waals surface area (Å²) in [5, 5.41) is 4.23. The molecule has 0 radical (unpaired) electrons. The molecule has 404 valence electrons. The van der Waals surface area contributed by atoms with E-state index in [0.29, 0.717) is 77.2 Å². The number of carbonyl (C=O) groups excluding carboxylic acids is 1. The number of rotatable bonds is 6. The lowest BCUT2D eigenvalue weighted by Crippen LogP contribution is -2.05. The molecule has 82 heavy (non-hydrogen) atoms. The van der Waals surface area contributed by atoms with E-state index >= 15 is 0 Å². The number of alkyl halides is 12. The van der Waals surface area contributed by atoms with Crippen molar-refractivity contribution in [1.82, 2.24) is 18.3 Å². The van der Waals surface area contributed by atoms with Gasteiger partial charge < -0.3 is 18.3 Å². The number of hydrogen-bond acceptors (Lipinski definition) is 1. The maximum atomic E-state index is 14.2. The number of aromatic nitrogens is 4. The SMILES string of the molecule is O=C(c1ccc(-n2c3ccccc3c3cc(-n4c5cc(C(F)(F)F)ccc5c5ccc(C(F)(F)F)cc54)ccc32)cc1)c1ccc(-n2c3ccccc3c3cc(-n4c5cc(C(F)(F)F)ccc5c5ccc(C(F)(F)F)cc54)ccc32)cc1. The zero-order valence-corrected chi connectivity index (χ0v) is 41.9. The summed E-state index contributed by atoms with van der Waals surface area (Å²) in [6.07, 6.45) is -18.9. The minimum atomic E-state index is -4.72. The first-order valence-corrected chi connectivity index (χ1v) is 25.4. The molecular weight excluding hydrogens is 1080 g/mol. The smallest absolute Gasteiger partial charge is 0.309 e. The van der Waals surface area contributed by atoms with Gasteiger partial charge in [-0.3, -0.25) is 4.79 Å². The van der Waals surface area contributed by atoms with Crippen molar-refractivity contribution in [2.24, 2.45) is 0 Å². The van der Waals surface area contributed by atoms with Crippen molar-refractivity contribution in [3.63, 3.8) is 0 Å². The summed E-state index contributed by atoms with van der Waals surface area (Å²) in [6, 6.07) is 51.5. The first kappa shape index (κ1) is 50.4. The second-order valence-corrected chi connectivity index (χ2v) is 20.1. The van der Waals surface area contributed by atoms with Crippen LogP contribution in [0, 0.1) is 0 Å². The van der Waals surface area contributed by atoms with Crippen molar-refractivity contribution in [2.75, 3.05) is 0 Å². The monoisotopic (exact) mass is 1110 g/mol. The summed E-state index contributed by atoms with van der Waals surface area (Å²) in [5.41, 5.74) is 2.09. The van der Waals surface area contributed by atoms with Gasteiger partial charge in [0, 0.05) is 77.0 Å². The first-order chi connectivity index (χ1) is 39.1. The quantitative estimate of drug-likeness (QED) is 0.121. The molecule has 0 aliphatic heterocycles. The van der Waals surface area contributed by atoms with E-state index in [2.05, 4.69) is 0 Å². The number of benzene rings is 10. The summed E-state index contributed by atoms with van der Waals surface area (Å²) in [7, 11) is 0. The number of hydrogen-bond donors (Lipinski definition) is 0. The Labute approximate surface area is 454 Å². The third-order valence-electron chi connectivity index (χ3n) is 15.4. The Bertz CT molecular complexity index is 4540. The molecule has 14 aromatic rings. The van der Waals surface area contributed by atoms with Crippen LogP contribution in [0.2, 0.25) is 0 Å². The Morgan fingerprint density at radius 1 is 0.244 bits per heavy atom. The van der Waals surface area contributed by atoms with Crippen molar-refractivity contribution in [2.45, 2.75) is 24.7 Å². The van der Waals surface area contributed by atoms with Crippen LogP contribution in [0.25, 0.3) is 110 Å². The molecule has 0 saturated carbocycles. The van der Waals surface area contributed by atoms with Crippen molar-refractivity contribution in [1.29, 1.82) is 0 Å². The van der Waals surface area contributed by atoms with Gasteiger partial charge in [0.1, 0.15) is 0 Å². The van der Waals surface area contributed by atoms with Gasteiger partial charge in [0.05, 0.1) is 66.4 Å². The molecule has 5 nitrogen and oxygen atoms in total. The summed E-state index contributed by atoms with van der Waals surface area (Å²) in [4.78, 5) is 14.2. The third kappa shape index (κ3) is 7.91. The van der Waals surface area contributed by atoms with Crippen molar-refractivity contribution in [3.05, 3.63) is 240 Å². The minimum absolute atomic E-state index is 0.0792. The summed E-state index contributed by atoms with van der Waals surface area (Å²) >= 11 is 0. The Balaban J connectivity index is 0.810. The molecule has 0 bridgehead atoms. The van der Waals surface area contributed by atoms with Gasteiger partial charge in [-0.15, -0.1) is 0 Å². The molecule has 4 aromatic heterocycles. The fourth-order valence-corrected chi connectivity index (χ4v) is 11.7. The van der Waals surface area contributed by atoms with Crippen LogP contribution in [0.3, 0.4) is 0 Å². The molecule has 0 fully saturated rings. The molecule has 0 amide bonds. The van der Waals surface area contributed by atoms with Gasteiger partial charge in [-0.2, -0.15) is 52.7 Å². The first-order valence-electron chi connectivity index (χ1n) is 25.4. The highest BCUT2D eigenvalue weighted by molar-refractivity contribution is 6.15. The molecule has 0 unspecified atom stereocenters. The van der Waals surface area contributed by atoms with E-state index in [-0.39, 0.29) is 27.9 Å². The molecule has 0 spiro atoms. The van der Waals surface area contributed by atoms with Crippen LogP contribution in [0.4, 0.5) is 52.7 Å². The van der Waals surface area contributed by atoms with Crippen LogP contribution in [0.1, 0.15) is 38.2 Å². The van der Waals surface area contributed by atoms with Gasteiger partial charge in [0.25, 0.3) is 0 Å². The van der Waals surface area contributed by atoms with Crippen molar-refractivity contribution in [3.8, 4) is 22.7 Å². The Morgan fingerprint density at radius 2 is 0.500 bits per heavy atom. The van der Waals surface area contributed by atoms with E-state index < -0.39 is 47.0 Å². The third-order valence-corrected chi connectivity index (χ3v) is 15.4. The van der Waals surface area contributed by atoms with E-state index in [1.807, 2.05) is 57.7 Å². The van der Waals surface area contributed by atoms with Crippen LogP contribution >= 0.6 is 0 Å². The van der Waals surface area contributed by atoms with Gasteiger partial charge in [0.15, 0.2) is 5.78 Å². The molecule has 0 aliphatic rings. The van der Waals surface area contributed by atoms with E-state index in [4.69, 9.17) is 0 Å². The zero-order chi connectivity index (χ0) is 56.9. The number of para-hydroxylation sites is 2. The predicted molar refractivity (Wildman–Crippen MR) is 294 cm³/mol. The number of halogens is 12. The Hall–Kier alpha value is -9.77.